The average molecular weight is 263 g/mol. The zero-order valence-electron chi connectivity index (χ0n) is 11.0. The molecule has 98 valence electrons. The molecule has 3 rings (SSSR count). The number of benzene rings is 2. The van der Waals surface area contributed by atoms with Gasteiger partial charge in [0.2, 0.25) is 0 Å². The maximum Gasteiger partial charge on any atom is 0.199 e. The number of carbonyl (C=O) groups excluding carboxylic acids is 1. The summed E-state index contributed by atoms with van der Waals surface area (Å²) < 4.78 is 0. The van der Waals surface area contributed by atoms with Crippen LogP contribution in [0, 0.1) is 6.92 Å². The van der Waals surface area contributed by atoms with E-state index >= 15 is 0 Å². The Hall–Kier alpha value is -2.68. The lowest BCUT2D eigenvalue weighted by Crippen LogP contribution is -1.99. The lowest BCUT2D eigenvalue weighted by molar-refractivity contribution is 0.104. The summed E-state index contributed by atoms with van der Waals surface area (Å²) in [7, 11) is 0. The van der Waals surface area contributed by atoms with E-state index < -0.39 is 0 Å². The molecule has 1 aliphatic carbocycles. The third-order valence-electron chi connectivity index (χ3n) is 3.27. The van der Waals surface area contributed by atoms with E-state index in [1.54, 1.807) is 24.3 Å². The van der Waals surface area contributed by atoms with Crippen molar-refractivity contribution >= 4 is 23.4 Å². The predicted octanol–water partition coefficient (Wildman–Crippen LogP) is 3.86. The summed E-state index contributed by atoms with van der Waals surface area (Å²) in [5.41, 5.74) is 3.19. The Morgan fingerprint density at radius 3 is 2.50 bits per heavy atom. The van der Waals surface area contributed by atoms with Crippen LogP contribution in [0.25, 0.3) is 5.76 Å². The molecular formula is C17H13NO2. The SMILES string of the molecule is Cc1cccc(N=CC2=C(O)c3ccccc3C2=O)c1. The van der Waals surface area contributed by atoms with Crippen molar-refractivity contribution in [1.29, 1.82) is 0 Å². The van der Waals surface area contributed by atoms with Crippen LogP contribution in [0.5, 0.6) is 0 Å². The van der Waals surface area contributed by atoms with Crippen molar-refractivity contribution in [2.45, 2.75) is 6.92 Å². The Kier molecular flexibility index (Phi) is 2.95. The highest BCUT2D eigenvalue weighted by molar-refractivity contribution is 6.30. The Morgan fingerprint density at radius 2 is 1.80 bits per heavy atom. The molecule has 1 aliphatic rings. The number of Topliss-reactive ketones (excluding diaryl/α,β-unsaturated/α-hetero) is 1. The number of hydrogen-bond acceptors (Lipinski definition) is 3. The van der Waals surface area contributed by atoms with Crippen molar-refractivity contribution in [2.75, 3.05) is 0 Å². The third kappa shape index (κ3) is 2.03. The molecule has 0 bridgehead atoms. The van der Waals surface area contributed by atoms with Gasteiger partial charge in [-0.25, -0.2) is 0 Å². The van der Waals surface area contributed by atoms with E-state index in [2.05, 4.69) is 4.99 Å². The van der Waals surface area contributed by atoms with Crippen LogP contribution in [-0.4, -0.2) is 17.1 Å². The second-order valence-corrected chi connectivity index (χ2v) is 4.73. The lowest BCUT2D eigenvalue weighted by atomic mass is 10.1. The summed E-state index contributed by atoms with van der Waals surface area (Å²) in [5.74, 6) is -0.184. The topological polar surface area (TPSA) is 49.7 Å². The van der Waals surface area contributed by atoms with Gasteiger partial charge in [0.25, 0.3) is 0 Å². The van der Waals surface area contributed by atoms with Gasteiger partial charge in [-0.1, -0.05) is 36.4 Å². The van der Waals surface area contributed by atoms with Crippen LogP contribution in [0.4, 0.5) is 5.69 Å². The van der Waals surface area contributed by atoms with Gasteiger partial charge < -0.3 is 5.11 Å². The summed E-state index contributed by atoms with van der Waals surface area (Å²) in [6.07, 6.45) is 1.44. The van der Waals surface area contributed by atoms with Crippen LogP contribution in [0.2, 0.25) is 0 Å². The van der Waals surface area contributed by atoms with Gasteiger partial charge in [0.1, 0.15) is 5.76 Å². The molecule has 0 spiro atoms. The van der Waals surface area contributed by atoms with Gasteiger partial charge in [0.05, 0.1) is 11.3 Å². The van der Waals surface area contributed by atoms with Crippen LogP contribution >= 0.6 is 0 Å². The molecule has 20 heavy (non-hydrogen) atoms. The van der Waals surface area contributed by atoms with E-state index in [9.17, 15) is 9.90 Å². The smallest absolute Gasteiger partial charge is 0.199 e. The Morgan fingerprint density at radius 1 is 1.05 bits per heavy atom. The fourth-order valence-corrected chi connectivity index (χ4v) is 2.25. The number of aryl methyl sites for hydroxylation is 1. The summed E-state index contributed by atoms with van der Waals surface area (Å²) in [6, 6.07) is 14.7. The number of allylic oxidation sites excluding steroid dienone is 1. The maximum atomic E-state index is 12.2. The van der Waals surface area contributed by atoms with Gasteiger partial charge in [-0.05, 0) is 24.6 Å². The van der Waals surface area contributed by atoms with E-state index in [4.69, 9.17) is 0 Å². The van der Waals surface area contributed by atoms with E-state index in [0.717, 1.165) is 11.3 Å². The third-order valence-corrected chi connectivity index (χ3v) is 3.27. The largest absolute Gasteiger partial charge is 0.506 e. The van der Waals surface area contributed by atoms with E-state index in [1.165, 1.54) is 6.21 Å². The molecule has 0 unspecified atom stereocenters. The predicted molar refractivity (Wildman–Crippen MR) is 79.7 cm³/mol. The molecule has 0 aromatic heterocycles. The average Bonchev–Trinajstić information content (AvgIpc) is 2.70. The number of fused-ring (bicyclic) bond motifs is 1. The minimum absolute atomic E-state index is 0.00185. The standard InChI is InChI=1S/C17H13NO2/c1-11-5-4-6-12(9-11)18-10-15-16(19)13-7-2-3-8-14(13)17(15)20/h2-10,19H,1H3. The second-order valence-electron chi connectivity index (χ2n) is 4.73. The lowest BCUT2D eigenvalue weighted by Gasteiger charge is -1.96. The highest BCUT2D eigenvalue weighted by Gasteiger charge is 2.27. The molecule has 0 saturated heterocycles. The van der Waals surface area contributed by atoms with Crippen molar-refractivity contribution in [3.63, 3.8) is 0 Å². The molecule has 0 aliphatic heterocycles. The molecule has 2 aromatic rings. The van der Waals surface area contributed by atoms with E-state index in [-0.39, 0.29) is 17.1 Å². The second kappa shape index (κ2) is 4.78. The number of aliphatic hydroxyl groups excluding tert-OH is 1. The fourth-order valence-electron chi connectivity index (χ4n) is 2.25. The Bertz CT molecular complexity index is 757. The molecule has 1 N–H and O–H groups in total. The molecule has 3 heteroatoms. The van der Waals surface area contributed by atoms with E-state index in [1.807, 2.05) is 31.2 Å². The van der Waals surface area contributed by atoms with Crippen LogP contribution in [-0.2, 0) is 0 Å². The number of rotatable bonds is 2. The molecule has 2 aromatic carbocycles. The van der Waals surface area contributed by atoms with Crippen molar-refractivity contribution in [1.82, 2.24) is 0 Å². The number of carbonyl (C=O) groups is 1. The molecule has 0 heterocycles. The van der Waals surface area contributed by atoms with Crippen molar-refractivity contribution in [2.24, 2.45) is 4.99 Å². The zero-order valence-corrected chi connectivity index (χ0v) is 11.0. The maximum absolute atomic E-state index is 12.2. The summed E-state index contributed by atoms with van der Waals surface area (Å²) in [4.78, 5) is 16.5. The Labute approximate surface area is 116 Å². The molecule has 0 fully saturated rings. The molecule has 0 amide bonds. The fraction of sp³-hybridized carbons (Fsp3) is 0.0588. The van der Waals surface area contributed by atoms with Crippen LogP contribution in [0.15, 0.2) is 59.1 Å². The molecule has 3 nitrogen and oxygen atoms in total. The normalized spacial score (nSPS) is 14.2. The van der Waals surface area contributed by atoms with Gasteiger partial charge in [-0.3, -0.25) is 9.79 Å². The quantitative estimate of drug-likeness (QED) is 0.836. The van der Waals surface area contributed by atoms with Gasteiger partial charge in [-0.2, -0.15) is 0 Å². The molecule has 0 saturated carbocycles. The van der Waals surface area contributed by atoms with Crippen molar-refractivity contribution in [3.8, 4) is 0 Å². The van der Waals surface area contributed by atoms with Gasteiger partial charge in [0.15, 0.2) is 5.78 Å². The number of aliphatic imine (C=N–C) groups is 1. The zero-order chi connectivity index (χ0) is 14.1. The Balaban J connectivity index is 1.97. The van der Waals surface area contributed by atoms with Gasteiger partial charge >= 0.3 is 0 Å². The summed E-state index contributed by atoms with van der Waals surface area (Å²) in [5, 5.41) is 10.1. The van der Waals surface area contributed by atoms with E-state index in [0.29, 0.717) is 11.1 Å². The van der Waals surface area contributed by atoms with Crippen LogP contribution in [0.3, 0.4) is 0 Å². The minimum Gasteiger partial charge on any atom is -0.506 e. The molecule has 0 radical (unpaired) electrons. The van der Waals surface area contributed by atoms with Crippen LogP contribution < -0.4 is 0 Å². The minimum atomic E-state index is -0.186. The molecular weight excluding hydrogens is 250 g/mol. The van der Waals surface area contributed by atoms with Gasteiger partial charge in [0, 0.05) is 17.3 Å². The monoisotopic (exact) mass is 263 g/mol. The highest BCUT2D eigenvalue weighted by Crippen LogP contribution is 2.30. The molecule has 0 atom stereocenters. The van der Waals surface area contributed by atoms with Crippen LogP contribution in [0.1, 0.15) is 21.5 Å². The first-order valence-electron chi connectivity index (χ1n) is 6.35. The number of ketones is 1. The number of hydrogen-bond donors (Lipinski definition) is 1. The number of aliphatic hydroxyl groups is 1. The first-order valence-corrected chi connectivity index (χ1v) is 6.35. The van der Waals surface area contributed by atoms with Crippen molar-refractivity contribution in [3.05, 3.63) is 70.8 Å². The number of nitrogens with zero attached hydrogens (tertiary/aromatic N) is 1. The first kappa shape index (κ1) is 12.4. The van der Waals surface area contributed by atoms with Gasteiger partial charge in [-0.15, -0.1) is 0 Å². The van der Waals surface area contributed by atoms with Crippen molar-refractivity contribution < 1.29 is 9.90 Å². The summed E-state index contributed by atoms with van der Waals surface area (Å²) >= 11 is 0. The highest BCUT2D eigenvalue weighted by atomic mass is 16.3. The summed E-state index contributed by atoms with van der Waals surface area (Å²) in [6.45, 7) is 1.98. The first-order chi connectivity index (χ1) is 9.66.